The van der Waals surface area contributed by atoms with E-state index in [9.17, 15) is 28.4 Å². The first-order valence-electron chi connectivity index (χ1n) is 7.83. The monoisotopic (exact) mass is 484 g/mol. The van der Waals surface area contributed by atoms with E-state index in [4.69, 9.17) is 14.2 Å². The quantitative estimate of drug-likeness (QED) is 0.164. The van der Waals surface area contributed by atoms with Crippen molar-refractivity contribution in [1.82, 2.24) is 10.6 Å². The van der Waals surface area contributed by atoms with Crippen LogP contribution in [0.25, 0.3) is 0 Å². The van der Waals surface area contributed by atoms with E-state index in [1.165, 1.54) is 0 Å². The summed E-state index contributed by atoms with van der Waals surface area (Å²) in [7, 11) is -10.8. The summed E-state index contributed by atoms with van der Waals surface area (Å²) in [4.78, 5) is 31.7. The molecule has 0 bridgehead atoms. The van der Waals surface area contributed by atoms with Crippen molar-refractivity contribution in [3.05, 3.63) is 0 Å². The largest absolute Gasteiger partial charge is 0.499 e. The zero-order valence-corrected chi connectivity index (χ0v) is 17.6. The lowest BCUT2D eigenvalue weighted by Crippen LogP contribution is -2.55. The molecule has 0 aliphatic carbocycles. The predicted molar refractivity (Wildman–Crippen MR) is 89.4 cm³/mol. The number of ether oxygens (including phenoxy) is 1. The molecule has 168 valence electrons. The Labute approximate surface area is 164 Å². The van der Waals surface area contributed by atoms with Crippen LogP contribution in [0, 0.1) is 5.92 Å². The Morgan fingerprint density at radius 2 is 1.93 bits per heavy atom. The highest BCUT2D eigenvalue weighted by atomic mass is 31.2. The second-order valence-corrected chi connectivity index (χ2v) is 8.85. The molecule has 2 fully saturated rings. The highest BCUT2D eigenvalue weighted by molar-refractivity contribution is 7.47. The summed E-state index contributed by atoms with van der Waals surface area (Å²) in [6.45, 7) is -0.392. The molecular formula is C10H19N2O14P3. The van der Waals surface area contributed by atoms with Crippen LogP contribution in [0.2, 0.25) is 0 Å². The molecule has 2 rings (SSSR count). The molecule has 2 heterocycles. The minimum Gasteiger partial charge on any atom is -0.390 e. The van der Waals surface area contributed by atoms with E-state index in [0.717, 1.165) is 7.11 Å². The number of urea groups is 1. The van der Waals surface area contributed by atoms with Gasteiger partial charge in [0.25, 0.3) is 0 Å². The number of carbonyl (C=O) groups is 2. The second-order valence-electron chi connectivity index (χ2n) is 5.61. The van der Waals surface area contributed by atoms with Gasteiger partial charge in [0.05, 0.1) is 24.7 Å². The van der Waals surface area contributed by atoms with E-state index in [1.807, 2.05) is 0 Å². The Morgan fingerprint density at radius 1 is 1.24 bits per heavy atom. The molecule has 6 unspecified atom stereocenters. The van der Waals surface area contributed by atoms with Gasteiger partial charge in [0.1, 0.15) is 6.10 Å². The second kappa shape index (κ2) is 11.0. The first-order valence-corrected chi connectivity index (χ1v) is 11.8. The number of rotatable bonds is 11. The van der Waals surface area contributed by atoms with Crippen LogP contribution in [0.3, 0.4) is 0 Å². The van der Waals surface area contributed by atoms with Crippen molar-refractivity contribution in [2.75, 3.05) is 20.3 Å². The summed E-state index contributed by atoms with van der Waals surface area (Å²) in [6.07, 6.45) is -2.65. The number of hydrogen-bond donors (Lipinski definition) is 4. The molecule has 19 heteroatoms. The number of amides is 3. The van der Waals surface area contributed by atoms with Gasteiger partial charge in [-0.3, -0.25) is 23.8 Å². The Bertz CT molecular complexity index is 705. The van der Waals surface area contributed by atoms with Crippen LogP contribution in [0.4, 0.5) is 4.79 Å². The molecule has 0 aromatic rings. The molecule has 0 radical (unpaired) electrons. The van der Waals surface area contributed by atoms with Crippen molar-refractivity contribution in [1.29, 1.82) is 0 Å². The van der Waals surface area contributed by atoms with Crippen molar-refractivity contribution in [2.24, 2.45) is 5.92 Å². The van der Waals surface area contributed by atoms with Gasteiger partial charge in [-0.15, -0.1) is 18.7 Å². The van der Waals surface area contributed by atoms with Gasteiger partial charge in [0.15, 0.2) is 0 Å². The zero-order valence-electron chi connectivity index (χ0n) is 14.7. The summed E-state index contributed by atoms with van der Waals surface area (Å²) in [5.41, 5.74) is 0. The summed E-state index contributed by atoms with van der Waals surface area (Å²) in [6, 6.07) is -0.627. The van der Waals surface area contributed by atoms with Crippen LogP contribution in [-0.4, -0.2) is 60.5 Å². The number of aliphatic hydroxyl groups excluding tert-OH is 1. The Hall–Kier alpha value is -0.730. The van der Waals surface area contributed by atoms with Gasteiger partial charge in [0.2, 0.25) is 5.91 Å². The molecule has 2 aliphatic heterocycles. The predicted octanol–water partition coefficient (Wildman–Crippen LogP) is -0.600. The number of phosphoric acid groups is 1. The lowest BCUT2D eigenvalue weighted by molar-refractivity contribution is -0.174. The maximum atomic E-state index is 11.8. The number of phosphoric ester groups is 1. The fourth-order valence-corrected chi connectivity index (χ4v) is 3.98. The SMILES string of the molecule is COP(=O)(O)OO[PH](=O)OO[PH](=O)OCC1OC(C2CNC(=O)NC2=O)C[C@H]1O. The molecule has 4 N–H and O–H groups in total. The smallest absolute Gasteiger partial charge is 0.390 e. The molecule has 16 nitrogen and oxygen atoms in total. The summed E-state index contributed by atoms with van der Waals surface area (Å²) in [5.74, 6) is -1.27. The van der Waals surface area contributed by atoms with Crippen molar-refractivity contribution < 1.29 is 65.8 Å². The lowest BCUT2D eigenvalue weighted by Gasteiger charge is -2.26. The zero-order chi connectivity index (χ0) is 21.6. The molecule has 0 aromatic carbocycles. The topological polar surface area (TPSA) is 214 Å². The van der Waals surface area contributed by atoms with Gasteiger partial charge in [-0.2, -0.15) is 0 Å². The van der Waals surface area contributed by atoms with Crippen LogP contribution < -0.4 is 10.6 Å². The maximum absolute atomic E-state index is 11.8. The first-order chi connectivity index (χ1) is 13.6. The molecule has 0 aromatic heterocycles. The fraction of sp³-hybridized carbons (Fsp3) is 0.800. The van der Waals surface area contributed by atoms with Crippen molar-refractivity contribution >= 4 is 36.3 Å². The van der Waals surface area contributed by atoms with E-state index in [1.54, 1.807) is 0 Å². The molecule has 3 amide bonds. The number of carbonyl (C=O) groups excluding carboxylic acids is 2. The Morgan fingerprint density at radius 3 is 2.59 bits per heavy atom. The van der Waals surface area contributed by atoms with Crippen molar-refractivity contribution in [2.45, 2.75) is 24.7 Å². The third kappa shape index (κ3) is 7.79. The highest BCUT2D eigenvalue weighted by Crippen LogP contribution is 2.46. The maximum Gasteiger partial charge on any atom is 0.499 e. The van der Waals surface area contributed by atoms with Crippen LogP contribution in [0.15, 0.2) is 0 Å². The van der Waals surface area contributed by atoms with E-state index in [-0.39, 0.29) is 13.0 Å². The normalized spacial score (nSPS) is 31.6. The molecule has 2 saturated heterocycles. The van der Waals surface area contributed by atoms with Gasteiger partial charge in [0, 0.05) is 20.1 Å². The van der Waals surface area contributed by atoms with Gasteiger partial charge in [-0.05, 0) is 0 Å². The molecule has 29 heavy (non-hydrogen) atoms. The number of nitrogens with one attached hydrogen (secondary N) is 2. The highest BCUT2D eigenvalue weighted by Gasteiger charge is 2.43. The standard InChI is InChI=1S/C10H19N2O14P3/c1-20-29(18,19)26-25-28(17)24-23-27(16)21-4-8-6(13)2-7(22-8)5-3-11-10(15)12-9(5)14/h5-8,13,27-28H,2-4H2,1H3,(H,18,19)(H2,11,12,14,15)/t5?,6-,7?,8?/m1/s1. The average Bonchev–Trinajstić information content (AvgIpc) is 3.03. The van der Waals surface area contributed by atoms with E-state index < -0.39 is 67.1 Å². The van der Waals surface area contributed by atoms with Gasteiger partial charge >= 0.3 is 30.4 Å². The first kappa shape index (κ1) is 24.5. The molecule has 0 saturated carbocycles. The number of hydrogen-bond acceptors (Lipinski definition) is 13. The minimum absolute atomic E-state index is 0.0311. The summed E-state index contributed by atoms with van der Waals surface area (Å²) in [5, 5.41) is 14.5. The third-order valence-corrected chi connectivity index (χ3v) is 5.82. The van der Waals surface area contributed by atoms with Crippen molar-refractivity contribution in [3.8, 4) is 0 Å². The Balaban J connectivity index is 1.69. The van der Waals surface area contributed by atoms with Crippen LogP contribution in [0.5, 0.6) is 0 Å². The third-order valence-electron chi connectivity index (χ3n) is 3.73. The Kier molecular flexibility index (Phi) is 9.35. The lowest BCUT2D eigenvalue weighted by atomic mass is 9.96. The van der Waals surface area contributed by atoms with Gasteiger partial charge in [-0.1, -0.05) is 0 Å². The minimum atomic E-state index is -4.56. The summed E-state index contributed by atoms with van der Waals surface area (Å²) >= 11 is 0. The molecule has 7 atom stereocenters. The van der Waals surface area contributed by atoms with Gasteiger partial charge in [-0.25, -0.2) is 9.36 Å². The van der Waals surface area contributed by atoms with Gasteiger partial charge < -0.3 is 24.6 Å². The fourth-order valence-electron chi connectivity index (χ4n) is 2.38. The number of imide groups is 1. The van der Waals surface area contributed by atoms with Crippen molar-refractivity contribution in [3.63, 3.8) is 0 Å². The molecule has 0 spiro atoms. The average molecular weight is 484 g/mol. The summed E-state index contributed by atoms with van der Waals surface area (Å²) < 4.78 is 63.8. The van der Waals surface area contributed by atoms with E-state index in [2.05, 4.69) is 33.9 Å². The molecular weight excluding hydrogens is 465 g/mol. The number of aliphatic hydroxyl groups is 1. The van der Waals surface area contributed by atoms with Crippen LogP contribution in [0.1, 0.15) is 6.42 Å². The molecule has 2 aliphatic rings. The van der Waals surface area contributed by atoms with Crippen LogP contribution >= 0.6 is 24.3 Å². The van der Waals surface area contributed by atoms with E-state index >= 15 is 0 Å². The van der Waals surface area contributed by atoms with Crippen LogP contribution in [-0.2, 0) is 51.0 Å². The van der Waals surface area contributed by atoms with E-state index in [0.29, 0.717) is 0 Å².